The van der Waals surface area contributed by atoms with Gasteiger partial charge in [0.25, 0.3) is 0 Å². The third kappa shape index (κ3) is 4.62. The second-order valence-corrected chi connectivity index (χ2v) is 8.53. The maximum absolute atomic E-state index is 12.8. The quantitative estimate of drug-likeness (QED) is 0.779. The van der Waals surface area contributed by atoms with Crippen molar-refractivity contribution in [1.29, 1.82) is 0 Å². The van der Waals surface area contributed by atoms with Crippen LogP contribution in [0.25, 0.3) is 0 Å². The lowest BCUT2D eigenvalue weighted by molar-refractivity contribution is 0.214. The number of sulfonamides is 1. The monoisotopic (exact) mass is 423 g/mol. The highest BCUT2D eigenvalue weighted by atomic mass is 32.2. The lowest BCUT2D eigenvalue weighted by atomic mass is 10.2. The molecule has 0 saturated carbocycles. The van der Waals surface area contributed by atoms with Crippen LogP contribution in [0.4, 0.5) is 10.5 Å². The first-order valence-electron chi connectivity index (χ1n) is 9.12. The zero-order valence-electron chi connectivity index (χ0n) is 16.7. The number of anilines is 1. The third-order valence-corrected chi connectivity index (χ3v) is 6.55. The van der Waals surface area contributed by atoms with Gasteiger partial charge in [0.05, 0.1) is 20.4 Å². The maximum Gasteiger partial charge on any atom is 0.321 e. The number of hydrogen-bond acceptors (Lipinski definition) is 6. The lowest BCUT2D eigenvalue weighted by Gasteiger charge is -2.22. The van der Waals surface area contributed by atoms with Crippen LogP contribution in [-0.2, 0) is 17.1 Å². The summed E-state index contributed by atoms with van der Waals surface area (Å²) < 4.78 is 38.9. The zero-order valence-corrected chi connectivity index (χ0v) is 17.5. The van der Waals surface area contributed by atoms with Crippen molar-refractivity contribution in [1.82, 2.24) is 19.0 Å². The van der Waals surface area contributed by atoms with Gasteiger partial charge >= 0.3 is 6.03 Å². The smallest absolute Gasteiger partial charge is 0.321 e. The number of amides is 2. The molecule has 0 aliphatic carbocycles. The van der Waals surface area contributed by atoms with E-state index in [9.17, 15) is 13.2 Å². The number of nitrogens with zero attached hydrogens (tertiary/aromatic N) is 4. The molecule has 0 atom stereocenters. The summed E-state index contributed by atoms with van der Waals surface area (Å²) in [6.07, 6.45) is 3.35. The Kier molecular flexibility index (Phi) is 6.28. The van der Waals surface area contributed by atoms with Crippen molar-refractivity contribution in [2.24, 2.45) is 7.05 Å². The summed E-state index contributed by atoms with van der Waals surface area (Å²) in [6.45, 7) is 1.31. The Morgan fingerprint density at radius 1 is 1.10 bits per heavy atom. The molecule has 158 valence electrons. The summed E-state index contributed by atoms with van der Waals surface area (Å²) in [4.78, 5) is 14.4. The van der Waals surface area contributed by atoms with Crippen LogP contribution in [0.3, 0.4) is 0 Å². The molecular weight excluding hydrogens is 398 g/mol. The highest BCUT2D eigenvalue weighted by Crippen LogP contribution is 2.30. The Morgan fingerprint density at radius 2 is 1.86 bits per heavy atom. The molecule has 0 bridgehead atoms. The molecule has 10 nitrogen and oxygen atoms in total. The number of methoxy groups -OCH3 is 2. The molecule has 29 heavy (non-hydrogen) atoms. The van der Waals surface area contributed by atoms with E-state index in [1.165, 1.54) is 28.5 Å². The first-order valence-corrected chi connectivity index (χ1v) is 10.6. The minimum Gasteiger partial charge on any atom is -0.493 e. The number of hydrogen-bond donors (Lipinski definition) is 1. The van der Waals surface area contributed by atoms with E-state index in [1.54, 1.807) is 37.3 Å². The van der Waals surface area contributed by atoms with Gasteiger partial charge in [-0.1, -0.05) is 0 Å². The number of carbonyl (C=O) groups excluding carboxylic acids is 1. The second-order valence-electron chi connectivity index (χ2n) is 6.59. The zero-order chi connectivity index (χ0) is 21.0. The molecule has 1 N–H and O–H groups in total. The van der Waals surface area contributed by atoms with Crippen molar-refractivity contribution in [2.45, 2.75) is 11.3 Å². The molecule has 1 aromatic heterocycles. The molecule has 1 saturated heterocycles. The number of ether oxygens (including phenoxy) is 2. The third-order valence-electron chi connectivity index (χ3n) is 4.70. The van der Waals surface area contributed by atoms with Gasteiger partial charge in [-0.05, 0) is 18.6 Å². The van der Waals surface area contributed by atoms with E-state index in [0.717, 1.165) is 0 Å². The van der Waals surface area contributed by atoms with Gasteiger partial charge in [0.15, 0.2) is 11.5 Å². The number of benzene rings is 1. The second kappa shape index (κ2) is 8.70. The Hall–Kier alpha value is -2.79. The summed E-state index contributed by atoms with van der Waals surface area (Å²) >= 11 is 0. The van der Waals surface area contributed by atoms with Gasteiger partial charge in [-0.2, -0.15) is 9.40 Å². The van der Waals surface area contributed by atoms with Crippen LogP contribution in [0.5, 0.6) is 11.5 Å². The van der Waals surface area contributed by atoms with Crippen LogP contribution < -0.4 is 14.8 Å². The van der Waals surface area contributed by atoms with Gasteiger partial charge in [-0.25, -0.2) is 13.2 Å². The Labute approximate surface area is 170 Å². The van der Waals surface area contributed by atoms with E-state index < -0.39 is 10.0 Å². The normalized spacial score (nSPS) is 15.6. The first kappa shape index (κ1) is 20.9. The van der Waals surface area contributed by atoms with Gasteiger partial charge in [-0.3, -0.25) is 4.68 Å². The van der Waals surface area contributed by atoms with E-state index in [-0.39, 0.29) is 17.5 Å². The Morgan fingerprint density at radius 3 is 2.52 bits per heavy atom. The predicted molar refractivity (Wildman–Crippen MR) is 107 cm³/mol. The summed E-state index contributed by atoms with van der Waals surface area (Å²) in [5.41, 5.74) is 0.566. The minimum atomic E-state index is -3.63. The fourth-order valence-corrected chi connectivity index (χ4v) is 4.59. The van der Waals surface area contributed by atoms with Crippen molar-refractivity contribution < 1.29 is 22.7 Å². The summed E-state index contributed by atoms with van der Waals surface area (Å²) in [7, 11) is 1.10. The predicted octanol–water partition coefficient (Wildman–Crippen LogP) is 1.37. The minimum absolute atomic E-state index is 0.156. The summed E-state index contributed by atoms with van der Waals surface area (Å²) in [5, 5.41) is 6.76. The number of aryl methyl sites for hydroxylation is 1. The van der Waals surface area contributed by atoms with Crippen molar-refractivity contribution in [3.63, 3.8) is 0 Å². The van der Waals surface area contributed by atoms with E-state index >= 15 is 0 Å². The molecular formula is C18H25N5O5S. The largest absolute Gasteiger partial charge is 0.493 e. The van der Waals surface area contributed by atoms with Gasteiger partial charge in [0, 0.05) is 51.2 Å². The van der Waals surface area contributed by atoms with Crippen molar-refractivity contribution >= 4 is 21.7 Å². The van der Waals surface area contributed by atoms with Crippen LogP contribution in [0.2, 0.25) is 0 Å². The number of rotatable bonds is 5. The first-order chi connectivity index (χ1) is 13.8. The number of aromatic nitrogens is 2. The molecule has 11 heteroatoms. The van der Waals surface area contributed by atoms with Gasteiger partial charge < -0.3 is 19.7 Å². The standard InChI is InChI=1S/C18H25N5O5S/c1-21-13-15(12-19-21)29(25,26)23-8-4-7-22(9-10-23)18(24)20-14-5-6-16(27-2)17(11-14)28-3/h5-6,11-13H,4,7-10H2,1-3H3,(H,20,24). The molecule has 0 unspecified atom stereocenters. The van der Waals surface area contributed by atoms with Crippen molar-refractivity contribution in [3.8, 4) is 11.5 Å². The van der Waals surface area contributed by atoms with Crippen LogP contribution in [0, 0.1) is 0 Å². The summed E-state index contributed by atoms with van der Waals surface area (Å²) in [6, 6.07) is 4.81. The van der Waals surface area contributed by atoms with Crippen molar-refractivity contribution in [2.75, 3.05) is 45.7 Å². The molecule has 0 spiro atoms. The van der Waals surface area contributed by atoms with E-state index in [4.69, 9.17) is 9.47 Å². The van der Waals surface area contributed by atoms with Gasteiger partial charge in [0.1, 0.15) is 4.90 Å². The maximum atomic E-state index is 12.8. The van der Waals surface area contributed by atoms with Crippen LogP contribution >= 0.6 is 0 Å². The SMILES string of the molecule is COc1ccc(NC(=O)N2CCCN(S(=O)(=O)c3cnn(C)c3)CC2)cc1OC. The van der Waals surface area contributed by atoms with Crippen LogP contribution in [0.1, 0.15) is 6.42 Å². The van der Waals surface area contributed by atoms with E-state index in [1.807, 2.05) is 0 Å². The number of urea groups is 1. The van der Waals surface area contributed by atoms with E-state index in [2.05, 4.69) is 10.4 Å². The molecule has 1 aliphatic heterocycles. The molecule has 3 rings (SSSR count). The highest BCUT2D eigenvalue weighted by molar-refractivity contribution is 7.89. The fourth-order valence-electron chi connectivity index (χ4n) is 3.13. The lowest BCUT2D eigenvalue weighted by Crippen LogP contribution is -2.39. The molecule has 1 aromatic carbocycles. The average Bonchev–Trinajstić information content (AvgIpc) is 3.00. The Balaban J connectivity index is 1.65. The molecule has 1 aliphatic rings. The highest BCUT2D eigenvalue weighted by Gasteiger charge is 2.29. The van der Waals surface area contributed by atoms with Crippen molar-refractivity contribution in [3.05, 3.63) is 30.6 Å². The molecule has 2 aromatic rings. The number of carbonyl (C=O) groups is 1. The molecule has 2 heterocycles. The van der Waals surface area contributed by atoms with Gasteiger partial charge in [-0.15, -0.1) is 0 Å². The summed E-state index contributed by atoms with van der Waals surface area (Å²) in [5.74, 6) is 1.08. The number of nitrogens with one attached hydrogen (secondary N) is 1. The van der Waals surface area contributed by atoms with Gasteiger partial charge in [0.2, 0.25) is 10.0 Å². The van der Waals surface area contributed by atoms with Crippen LogP contribution in [-0.4, -0.2) is 73.8 Å². The molecule has 2 amide bonds. The Bertz CT molecular complexity index is 975. The van der Waals surface area contributed by atoms with E-state index in [0.29, 0.717) is 43.2 Å². The van der Waals surface area contributed by atoms with Crippen LogP contribution in [0.15, 0.2) is 35.5 Å². The molecule has 1 fully saturated rings. The topological polar surface area (TPSA) is 106 Å². The molecule has 0 radical (unpaired) electrons. The average molecular weight is 423 g/mol. The fraction of sp³-hybridized carbons (Fsp3) is 0.444.